The van der Waals surface area contributed by atoms with Crippen LogP contribution in [0.2, 0.25) is 0 Å². The molecule has 2 aromatic rings. The minimum absolute atomic E-state index is 0.138. The monoisotopic (exact) mass is 254 g/mol. The van der Waals surface area contributed by atoms with E-state index in [9.17, 15) is 4.79 Å². The molecule has 2 aromatic carbocycles. The van der Waals surface area contributed by atoms with Gasteiger partial charge >= 0.3 is 0 Å². The number of carbonyl (C=O) groups is 1. The van der Waals surface area contributed by atoms with Crippen molar-refractivity contribution in [2.75, 3.05) is 25.0 Å². The molecule has 1 fully saturated rings. The fraction of sp³-hybridized carbons (Fsp3) is 0.312. The zero-order valence-corrected chi connectivity index (χ0v) is 11.3. The molecule has 19 heavy (non-hydrogen) atoms. The lowest BCUT2D eigenvalue weighted by atomic mass is 10.0. The van der Waals surface area contributed by atoms with Gasteiger partial charge in [0.2, 0.25) is 5.91 Å². The van der Waals surface area contributed by atoms with Crippen LogP contribution in [0.5, 0.6) is 0 Å². The second-order valence-corrected chi connectivity index (χ2v) is 5.29. The first-order valence-electron chi connectivity index (χ1n) is 6.64. The van der Waals surface area contributed by atoms with Gasteiger partial charge in [-0.15, -0.1) is 0 Å². The summed E-state index contributed by atoms with van der Waals surface area (Å²) in [6.07, 6.45) is 0. The number of nitrogens with one attached hydrogen (secondary N) is 1. The average molecular weight is 254 g/mol. The normalized spacial score (nSPS) is 15.3. The standard InChI is InChI=1S/C16H18N2O/c1-11-3-4-13-8-15(6-5-12(13)7-11)18(2)16(19)14-9-17-10-14/h3-8,14,17H,9-10H2,1-2H3. The van der Waals surface area contributed by atoms with Crippen LogP contribution in [0, 0.1) is 12.8 Å². The van der Waals surface area contributed by atoms with E-state index in [1.165, 1.54) is 16.3 Å². The maximum atomic E-state index is 12.2. The smallest absolute Gasteiger partial charge is 0.232 e. The number of anilines is 1. The van der Waals surface area contributed by atoms with Gasteiger partial charge in [0.15, 0.2) is 0 Å². The van der Waals surface area contributed by atoms with Crippen molar-refractivity contribution in [3.05, 3.63) is 42.0 Å². The fourth-order valence-electron chi connectivity index (χ4n) is 2.43. The zero-order valence-electron chi connectivity index (χ0n) is 11.3. The second kappa shape index (κ2) is 4.67. The van der Waals surface area contributed by atoms with Crippen molar-refractivity contribution in [2.45, 2.75) is 6.92 Å². The molecule has 3 nitrogen and oxygen atoms in total. The van der Waals surface area contributed by atoms with Crippen LogP contribution in [0.4, 0.5) is 5.69 Å². The number of benzene rings is 2. The molecule has 1 N–H and O–H groups in total. The molecule has 0 aliphatic carbocycles. The Bertz CT molecular complexity index is 632. The molecule has 3 rings (SSSR count). The number of nitrogens with zero attached hydrogens (tertiary/aromatic N) is 1. The van der Waals surface area contributed by atoms with E-state index in [0.29, 0.717) is 0 Å². The van der Waals surface area contributed by atoms with Crippen LogP contribution in [0.3, 0.4) is 0 Å². The van der Waals surface area contributed by atoms with Crippen molar-refractivity contribution in [3.8, 4) is 0 Å². The van der Waals surface area contributed by atoms with E-state index < -0.39 is 0 Å². The largest absolute Gasteiger partial charge is 0.315 e. The third-order valence-corrected chi connectivity index (χ3v) is 3.83. The molecule has 1 aliphatic heterocycles. The number of hydrogen-bond donors (Lipinski definition) is 1. The highest BCUT2D eigenvalue weighted by Gasteiger charge is 2.28. The van der Waals surface area contributed by atoms with Gasteiger partial charge < -0.3 is 10.2 Å². The van der Waals surface area contributed by atoms with E-state index in [2.05, 4.69) is 42.6 Å². The zero-order chi connectivity index (χ0) is 13.4. The highest BCUT2D eigenvalue weighted by Crippen LogP contribution is 2.24. The van der Waals surface area contributed by atoms with Crippen LogP contribution < -0.4 is 10.2 Å². The molecule has 1 aliphatic rings. The number of carbonyl (C=O) groups excluding carboxylic acids is 1. The fourth-order valence-corrected chi connectivity index (χ4v) is 2.43. The summed E-state index contributed by atoms with van der Waals surface area (Å²) >= 11 is 0. The van der Waals surface area contributed by atoms with E-state index in [0.717, 1.165) is 18.8 Å². The van der Waals surface area contributed by atoms with Gasteiger partial charge in [0.25, 0.3) is 0 Å². The summed E-state index contributed by atoms with van der Waals surface area (Å²) in [6.45, 7) is 3.69. The van der Waals surface area contributed by atoms with Gasteiger partial charge in [-0.2, -0.15) is 0 Å². The maximum Gasteiger partial charge on any atom is 0.232 e. The minimum Gasteiger partial charge on any atom is -0.315 e. The molecular formula is C16H18N2O. The van der Waals surface area contributed by atoms with Gasteiger partial charge in [-0.05, 0) is 29.8 Å². The first-order chi connectivity index (χ1) is 9.15. The molecule has 0 radical (unpaired) electrons. The number of hydrogen-bond acceptors (Lipinski definition) is 2. The summed E-state index contributed by atoms with van der Waals surface area (Å²) in [5.74, 6) is 0.337. The Morgan fingerprint density at radius 3 is 2.53 bits per heavy atom. The van der Waals surface area contributed by atoms with Gasteiger partial charge in [-0.25, -0.2) is 0 Å². The molecule has 0 unspecified atom stereocenters. The van der Waals surface area contributed by atoms with E-state index in [-0.39, 0.29) is 11.8 Å². The van der Waals surface area contributed by atoms with Crippen LogP contribution in [-0.2, 0) is 4.79 Å². The molecular weight excluding hydrogens is 236 g/mol. The summed E-state index contributed by atoms with van der Waals surface area (Å²) in [5, 5.41) is 5.53. The summed E-state index contributed by atoms with van der Waals surface area (Å²) in [5.41, 5.74) is 2.22. The Labute approximate surface area is 113 Å². The van der Waals surface area contributed by atoms with Crippen molar-refractivity contribution in [1.29, 1.82) is 0 Å². The van der Waals surface area contributed by atoms with Crippen molar-refractivity contribution in [1.82, 2.24) is 5.32 Å². The van der Waals surface area contributed by atoms with Gasteiger partial charge in [0.1, 0.15) is 0 Å². The Morgan fingerprint density at radius 1 is 1.16 bits per heavy atom. The average Bonchev–Trinajstić information content (AvgIpc) is 2.35. The number of rotatable bonds is 2. The van der Waals surface area contributed by atoms with Crippen molar-refractivity contribution >= 4 is 22.4 Å². The molecule has 0 atom stereocenters. The molecule has 1 heterocycles. The number of fused-ring (bicyclic) bond motifs is 1. The molecule has 0 saturated carbocycles. The van der Waals surface area contributed by atoms with E-state index >= 15 is 0 Å². The minimum atomic E-state index is 0.138. The third kappa shape index (κ3) is 2.22. The highest BCUT2D eigenvalue weighted by molar-refractivity contribution is 5.97. The second-order valence-electron chi connectivity index (χ2n) is 5.29. The van der Waals surface area contributed by atoms with E-state index in [4.69, 9.17) is 0 Å². The first kappa shape index (κ1) is 12.2. The van der Waals surface area contributed by atoms with Gasteiger partial charge in [-0.3, -0.25) is 4.79 Å². The lowest BCUT2D eigenvalue weighted by Gasteiger charge is -2.30. The quantitative estimate of drug-likeness (QED) is 0.892. The number of aryl methyl sites for hydroxylation is 1. The summed E-state index contributed by atoms with van der Waals surface area (Å²) in [6, 6.07) is 12.6. The van der Waals surface area contributed by atoms with Crippen LogP contribution in [0.25, 0.3) is 10.8 Å². The Morgan fingerprint density at radius 2 is 1.84 bits per heavy atom. The molecule has 0 bridgehead atoms. The van der Waals surface area contributed by atoms with Gasteiger partial charge in [-0.1, -0.05) is 29.8 Å². The Kier molecular flexibility index (Phi) is 2.99. The molecule has 0 spiro atoms. The van der Waals surface area contributed by atoms with Crippen molar-refractivity contribution in [2.24, 2.45) is 5.92 Å². The Hall–Kier alpha value is -1.87. The van der Waals surface area contributed by atoms with Crippen molar-refractivity contribution in [3.63, 3.8) is 0 Å². The van der Waals surface area contributed by atoms with E-state index in [1.54, 1.807) is 4.90 Å². The predicted molar refractivity (Wildman–Crippen MR) is 78.5 cm³/mol. The lowest BCUT2D eigenvalue weighted by molar-refractivity contribution is -0.123. The SMILES string of the molecule is Cc1ccc2cc(N(C)C(=O)C3CNC3)ccc2c1. The molecule has 98 valence electrons. The maximum absolute atomic E-state index is 12.2. The predicted octanol–water partition coefficient (Wildman–Crippen LogP) is 2.33. The molecule has 1 saturated heterocycles. The topological polar surface area (TPSA) is 32.3 Å². The van der Waals surface area contributed by atoms with Gasteiger partial charge in [0, 0.05) is 25.8 Å². The third-order valence-electron chi connectivity index (χ3n) is 3.83. The van der Waals surface area contributed by atoms with Crippen LogP contribution >= 0.6 is 0 Å². The lowest BCUT2D eigenvalue weighted by Crippen LogP contribution is -2.51. The van der Waals surface area contributed by atoms with E-state index in [1.807, 2.05) is 13.1 Å². The molecule has 3 heteroatoms. The van der Waals surface area contributed by atoms with Crippen LogP contribution in [0.1, 0.15) is 5.56 Å². The van der Waals surface area contributed by atoms with Crippen molar-refractivity contribution < 1.29 is 4.79 Å². The van der Waals surface area contributed by atoms with Crippen LogP contribution in [-0.4, -0.2) is 26.0 Å². The van der Waals surface area contributed by atoms with Gasteiger partial charge in [0.05, 0.1) is 5.92 Å². The summed E-state index contributed by atoms with van der Waals surface area (Å²) in [4.78, 5) is 14.0. The highest BCUT2D eigenvalue weighted by atomic mass is 16.2. The number of amides is 1. The summed E-state index contributed by atoms with van der Waals surface area (Å²) < 4.78 is 0. The Balaban J connectivity index is 1.91. The first-order valence-corrected chi connectivity index (χ1v) is 6.64. The van der Waals surface area contributed by atoms with Crippen LogP contribution in [0.15, 0.2) is 36.4 Å². The molecule has 0 aromatic heterocycles. The molecule has 1 amide bonds. The summed E-state index contributed by atoms with van der Waals surface area (Å²) in [7, 11) is 1.86.